The van der Waals surface area contributed by atoms with Gasteiger partial charge in [0.15, 0.2) is 5.65 Å². The lowest BCUT2D eigenvalue weighted by atomic mass is 10.2. The Morgan fingerprint density at radius 2 is 2.06 bits per heavy atom. The van der Waals surface area contributed by atoms with Crippen LogP contribution in [0.1, 0.15) is 0 Å². The van der Waals surface area contributed by atoms with Crippen LogP contribution in [0.3, 0.4) is 0 Å². The van der Waals surface area contributed by atoms with E-state index in [0.29, 0.717) is 0 Å². The minimum absolute atomic E-state index is 0.955. The molecule has 1 saturated heterocycles. The summed E-state index contributed by atoms with van der Waals surface area (Å²) in [4.78, 5) is 11.2. The minimum atomic E-state index is 0.955. The minimum Gasteiger partial charge on any atom is -0.367 e. The fraction of sp³-hybridized carbons (Fsp3) is 0.455. The molecule has 0 bridgehead atoms. The van der Waals surface area contributed by atoms with Crippen molar-refractivity contribution in [3.63, 3.8) is 0 Å². The zero-order valence-corrected chi connectivity index (χ0v) is 9.35. The lowest BCUT2D eigenvalue weighted by Gasteiger charge is -2.29. The maximum atomic E-state index is 4.43. The summed E-state index contributed by atoms with van der Waals surface area (Å²) in [7, 11) is 1.98. The third kappa shape index (κ3) is 1.44. The molecule has 0 spiro atoms. The molecule has 0 radical (unpaired) electrons. The lowest BCUT2D eigenvalue weighted by molar-refractivity contribution is 0.590. The molecule has 0 unspecified atom stereocenters. The molecule has 16 heavy (non-hydrogen) atoms. The molecule has 5 nitrogen and oxygen atoms in total. The van der Waals surface area contributed by atoms with Gasteiger partial charge in [-0.1, -0.05) is 0 Å². The Bertz CT molecular complexity index is 498. The van der Waals surface area contributed by atoms with E-state index in [1.165, 1.54) is 5.69 Å². The highest BCUT2D eigenvalue weighted by Crippen LogP contribution is 2.23. The summed E-state index contributed by atoms with van der Waals surface area (Å²) in [5, 5.41) is 3.35. The molecule has 3 rings (SSSR count). The molecular formula is C11H15N5. The first-order chi connectivity index (χ1) is 7.86. The second kappa shape index (κ2) is 3.75. The largest absolute Gasteiger partial charge is 0.367 e. The number of aryl methyl sites for hydroxylation is 1. The summed E-state index contributed by atoms with van der Waals surface area (Å²) in [5.41, 5.74) is 3.16. The monoisotopic (exact) mass is 217 g/mol. The van der Waals surface area contributed by atoms with Gasteiger partial charge in [-0.15, -0.1) is 0 Å². The summed E-state index contributed by atoms with van der Waals surface area (Å²) in [6.07, 6.45) is 3.69. The molecule has 5 heteroatoms. The van der Waals surface area contributed by atoms with Gasteiger partial charge in [0.2, 0.25) is 0 Å². The number of imidazole rings is 1. The smallest absolute Gasteiger partial charge is 0.161 e. The number of anilines is 1. The van der Waals surface area contributed by atoms with Crippen molar-refractivity contribution >= 4 is 16.9 Å². The molecule has 84 valence electrons. The molecule has 1 aliphatic rings. The van der Waals surface area contributed by atoms with Gasteiger partial charge >= 0.3 is 0 Å². The summed E-state index contributed by atoms with van der Waals surface area (Å²) >= 11 is 0. The summed E-state index contributed by atoms with van der Waals surface area (Å²) in [6, 6.07) is 2.06. The van der Waals surface area contributed by atoms with Crippen molar-refractivity contribution in [1.82, 2.24) is 19.9 Å². The Balaban J connectivity index is 2.08. The van der Waals surface area contributed by atoms with Crippen LogP contribution in [0, 0.1) is 0 Å². The number of pyridine rings is 1. The van der Waals surface area contributed by atoms with E-state index in [0.717, 1.165) is 37.3 Å². The number of rotatable bonds is 1. The molecule has 2 aromatic heterocycles. The van der Waals surface area contributed by atoms with E-state index in [2.05, 4.69) is 26.3 Å². The van der Waals surface area contributed by atoms with Gasteiger partial charge in [0.05, 0.1) is 12.0 Å². The first-order valence-electron chi connectivity index (χ1n) is 5.58. The van der Waals surface area contributed by atoms with Crippen molar-refractivity contribution < 1.29 is 0 Å². The van der Waals surface area contributed by atoms with E-state index in [1.54, 1.807) is 0 Å². The first-order valence-corrected chi connectivity index (χ1v) is 5.58. The van der Waals surface area contributed by atoms with E-state index in [9.17, 15) is 0 Å². The van der Waals surface area contributed by atoms with E-state index in [-0.39, 0.29) is 0 Å². The van der Waals surface area contributed by atoms with Gasteiger partial charge in [0.1, 0.15) is 5.52 Å². The Kier molecular flexibility index (Phi) is 2.25. The number of fused-ring (bicyclic) bond motifs is 1. The molecule has 0 aromatic carbocycles. The molecule has 0 amide bonds. The van der Waals surface area contributed by atoms with Gasteiger partial charge in [-0.05, 0) is 6.07 Å². The summed E-state index contributed by atoms with van der Waals surface area (Å²) in [5.74, 6) is 0. The average Bonchev–Trinajstić information content (AvgIpc) is 2.73. The number of hydrogen-bond acceptors (Lipinski definition) is 4. The fourth-order valence-electron chi connectivity index (χ4n) is 2.18. The van der Waals surface area contributed by atoms with Crippen LogP contribution in [-0.4, -0.2) is 40.7 Å². The zero-order valence-electron chi connectivity index (χ0n) is 9.35. The SMILES string of the molecule is Cn1cnc2c(N3CCNCC3)ccnc21. The van der Waals surface area contributed by atoms with Gasteiger partial charge in [0.25, 0.3) is 0 Å². The molecule has 1 N–H and O–H groups in total. The quantitative estimate of drug-likeness (QED) is 0.750. The average molecular weight is 217 g/mol. The van der Waals surface area contributed by atoms with Gasteiger partial charge in [-0.2, -0.15) is 0 Å². The van der Waals surface area contributed by atoms with Gasteiger partial charge in [-0.3, -0.25) is 0 Å². The predicted molar refractivity (Wildman–Crippen MR) is 63.6 cm³/mol. The topological polar surface area (TPSA) is 46.0 Å². The van der Waals surface area contributed by atoms with E-state index < -0.39 is 0 Å². The molecule has 2 aromatic rings. The van der Waals surface area contributed by atoms with Crippen LogP contribution < -0.4 is 10.2 Å². The standard InChI is InChI=1S/C11H15N5/c1-15-8-14-10-9(2-3-13-11(10)15)16-6-4-12-5-7-16/h2-3,8,12H,4-7H2,1H3. The van der Waals surface area contributed by atoms with Crippen LogP contribution in [-0.2, 0) is 7.05 Å². The highest BCUT2D eigenvalue weighted by atomic mass is 15.2. The number of aromatic nitrogens is 3. The van der Waals surface area contributed by atoms with Crippen LogP contribution in [0.15, 0.2) is 18.6 Å². The second-order valence-corrected chi connectivity index (χ2v) is 4.09. The van der Waals surface area contributed by atoms with Crippen LogP contribution in [0.25, 0.3) is 11.2 Å². The molecular weight excluding hydrogens is 202 g/mol. The number of piperazine rings is 1. The second-order valence-electron chi connectivity index (χ2n) is 4.09. The third-order valence-electron chi connectivity index (χ3n) is 3.04. The Hall–Kier alpha value is -1.62. The van der Waals surface area contributed by atoms with Crippen LogP contribution in [0.2, 0.25) is 0 Å². The number of hydrogen-bond donors (Lipinski definition) is 1. The highest BCUT2D eigenvalue weighted by Gasteiger charge is 2.15. The van der Waals surface area contributed by atoms with Gasteiger partial charge in [0, 0.05) is 39.4 Å². The molecule has 3 heterocycles. The van der Waals surface area contributed by atoms with Crippen molar-refractivity contribution in [1.29, 1.82) is 0 Å². The maximum absolute atomic E-state index is 4.43. The molecule has 0 aliphatic carbocycles. The normalized spacial score (nSPS) is 16.9. The van der Waals surface area contributed by atoms with Gasteiger partial charge < -0.3 is 14.8 Å². The predicted octanol–water partition coefficient (Wildman–Crippen LogP) is 0.378. The molecule has 1 fully saturated rings. The summed E-state index contributed by atoms with van der Waals surface area (Å²) < 4.78 is 1.96. The molecule has 0 saturated carbocycles. The van der Waals surface area contributed by atoms with Crippen molar-refractivity contribution in [2.75, 3.05) is 31.1 Å². The van der Waals surface area contributed by atoms with Crippen molar-refractivity contribution in [2.45, 2.75) is 0 Å². The summed E-state index contributed by atoms with van der Waals surface area (Å²) in [6.45, 7) is 4.15. The molecule has 1 aliphatic heterocycles. The van der Waals surface area contributed by atoms with Crippen molar-refractivity contribution in [3.05, 3.63) is 18.6 Å². The Morgan fingerprint density at radius 3 is 2.88 bits per heavy atom. The van der Waals surface area contributed by atoms with Crippen LogP contribution in [0.4, 0.5) is 5.69 Å². The van der Waals surface area contributed by atoms with Crippen LogP contribution in [0.5, 0.6) is 0 Å². The Labute approximate surface area is 94.1 Å². The highest BCUT2D eigenvalue weighted by molar-refractivity contribution is 5.86. The van der Waals surface area contributed by atoms with E-state index >= 15 is 0 Å². The number of nitrogens with one attached hydrogen (secondary N) is 1. The lowest BCUT2D eigenvalue weighted by Crippen LogP contribution is -2.43. The van der Waals surface area contributed by atoms with Crippen molar-refractivity contribution in [3.8, 4) is 0 Å². The third-order valence-corrected chi connectivity index (χ3v) is 3.04. The fourth-order valence-corrected chi connectivity index (χ4v) is 2.18. The van der Waals surface area contributed by atoms with E-state index in [4.69, 9.17) is 0 Å². The first kappa shape index (κ1) is 9.59. The Morgan fingerprint density at radius 1 is 1.25 bits per heavy atom. The van der Waals surface area contributed by atoms with E-state index in [1.807, 2.05) is 24.1 Å². The molecule has 0 atom stereocenters. The van der Waals surface area contributed by atoms with Crippen molar-refractivity contribution in [2.24, 2.45) is 7.05 Å². The van der Waals surface area contributed by atoms with Crippen LogP contribution >= 0.6 is 0 Å². The maximum Gasteiger partial charge on any atom is 0.161 e. The number of nitrogens with zero attached hydrogens (tertiary/aromatic N) is 4. The van der Waals surface area contributed by atoms with Gasteiger partial charge in [-0.25, -0.2) is 9.97 Å². The zero-order chi connectivity index (χ0) is 11.0.